The number of aryl methyl sites for hydroxylation is 2. The fourth-order valence-electron chi connectivity index (χ4n) is 2.52. The van der Waals surface area contributed by atoms with Gasteiger partial charge in [-0.05, 0) is 25.5 Å². The Hall–Kier alpha value is -1.91. The summed E-state index contributed by atoms with van der Waals surface area (Å²) in [7, 11) is 1.83. The number of pyridine rings is 1. The lowest BCUT2D eigenvalue weighted by atomic mass is 10.0. The lowest BCUT2D eigenvalue weighted by Gasteiger charge is -2.12. The number of benzene rings is 1. The summed E-state index contributed by atoms with van der Waals surface area (Å²) in [5.41, 5.74) is 10.0. The van der Waals surface area contributed by atoms with Crippen LogP contribution in [-0.4, -0.2) is 14.8 Å². The molecule has 0 radical (unpaired) electrons. The molecule has 3 rings (SSSR count). The second kappa shape index (κ2) is 5.47. The highest BCUT2D eigenvalue weighted by Crippen LogP contribution is 2.24. The van der Waals surface area contributed by atoms with Crippen molar-refractivity contribution in [3.8, 4) is 0 Å². The number of hydrogen-bond acceptors (Lipinski definition) is 3. The van der Waals surface area contributed by atoms with Gasteiger partial charge in [0.2, 0.25) is 0 Å². The van der Waals surface area contributed by atoms with Crippen LogP contribution in [0.4, 0.5) is 0 Å². The largest absolute Gasteiger partial charge is 0.322 e. The predicted molar refractivity (Wildman–Crippen MR) is 85.3 cm³/mol. The third-order valence-corrected chi connectivity index (χ3v) is 4.17. The molecule has 0 aliphatic carbocycles. The SMILES string of the molecule is Cc1nn(C)c(Cl)c1CC(N)c1ccc2ccccc2n1. The van der Waals surface area contributed by atoms with Gasteiger partial charge in [0.1, 0.15) is 5.15 Å². The molecule has 0 aliphatic heterocycles. The van der Waals surface area contributed by atoms with Gasteiger partial charge in [0.05, 0.1) is 22.9 Å². The van der Waals surface area contributed by atoms with Gasteiger partial charge in [-0.25, -0.2) is 0 Å². The van der Waals surface area contributed by atoms with E-state index in [1.807, 2.05) is 44.3 Å². The monoisotopic (exact) mass is 300 g/mol. The number of rotatable bonds is 3. The molecule has 2 aromatic heterocycles. The smallest absolute Gasteiger partial charge is 0.130 e. The number of aromatic nitrogens is 3. The molecule has 0 aliphatic rings. The van der Waals surface area contributed by atoms with Crippen LogP contribution in [0.3, 0.4) is 0 Å². The molecule has 21 heavy (non-hydrogen) atoms. The summed E-state index contributed by atoms with van der Waals surface area (Å²) in [6.45, 7) is 1.95. The van der Waals surface area contributed by atoms with Crippen molar-refractivity contribution in [2.45, 2.75) is 19.4 Å². The van der Waals surface area contributed by atoms with Crippen molar-refractivity contribution in [1.82, 2.24) is 14.8 Å². The van der Waals surface area contributed by atoms with E-state index in [-0.39, 0.29) is 6.04 Å². The van der Waals surface area contributed by atoms with Crippen LogP contribution in [0.1, 0.15) is 23.0 Å². The number of hydrogen-bond donors (Lipinski definition) is 1. The van der Waals surface area contributed by atoms with Gasteiger partial charge in [-0.3, -0.25) is 9.67 Å². The van der Waals surface area contributed by atoms with Crippen molar-refractivity contribution in [3.63, 3.8) is 0 Å². The normalized spacial score (nSPS) is 12.8. The molecule has 0 saturated heterocycles. The Bertz CT molecular complexity index is 794. The van der Waals surface area contributed by atoms with Gasteiger partial charge >= 0.3 is 0 Å². The molecule has 0 saturated carbocycles. The second-order valence-electron chi connectivity index (χ2n) is 5.22. The van der Waals surface area contributed by atoms with E-state index in [1.165, 1.54) is 0 Å². The molecule has 0 spiro atoms. The third kappa shape index (κ3) is 2.64. The zero-order chi connectivity index (χ0) is 15.0. The minimum Gasteiger partial charge on any atom is -0.322 e. The first kappa shape index (κ1) is 14.0. The summed E-state index contributed by atoms with van der Waals surface area (Å²) in [6, 6.07) is 11.8. The van der Waals surface area contributed by atoms with Crippen molar-refractivity contribution < 1.29 is 0 Å². The third-order valence-electron chi connectivity index (χ3n) is 3.69. The zero-order valence-corrected chi connectivity index (χ0v) is 12.8. The highest BCUT2D eigenvalue weighted by molar-refractivity contribution is 6.30. The highest BCUT2D eigenvalue weighted by atomic mass is 35.5. The van der Waals surface area contributed by atoms with Crippen molar-refractivity contribution in [2.75, 3.05) is 0 Å². The lowest BCUT2D eigenvalue weighted by molar-refractivity contribution is 0.697. The number of nitrogens with zero attached hydrogens (tertiary/aromatic N) is 3. The minimum atomic E-state index is -0.199. The van der Waals surface area contributed by atoms with Crippen LogP contribution < -0.4 is 5.73 Å². The van der Waals surface area contributed by atoms with Crippen LogP contribution in [0.25, 0.3) is 10.9 Å². The van der Waals surface area contributed by atoms with Gasteiger partial charge in [0, 0.05) is 18.0 Å². The standard InChI is InChI=1S/C16H17ClN4/c1-10-12(16(17)21(2)20-10)9-13(18)15-8-7-11-5-3-4-6-14(11)19-15/h3-8,13H,9,18H2,1-2H3. The molecule has 0 bridgehead atoms. The van der Waals surface area contributed by atoms with Crippen LogP contribution in [-0.2, 0) is 13.5 Å². The van der Waals surface area contributed by atoms with E-state index in [0.29, 0.717) is 11.6 Å². The van der Waals surface area contributed by atoms with Gasteiger partial charge in [0.15, 0.2) is 0 Å². The molecule has 3 aromatic rings. The van der Waals surface area contributed by atoms with E-state index >= 15 is 0 Å². The van der Waals surface area contributed by atoms with Crippen molar-refractivity contribution >= 4 is 22.5 Å². The zero-order valence-electron chi connectivity index (χ0n) is 12.0. The quantitative estimate of drug-likeness (QED) is 0.808. The molecule has 5 heteroatoms. The van der Waals surface area contributed by atoms with E-state index in [2.05, 4.69) is 16.1 Å². The maximum atomic E-state index is 6.31. The van der Waals surface area contributed by atoms with Crippen molar-refractivity contribution in [1.29, 1.82) is 0 Å². The van der Waals surface area contributed by atoms with Gasteiger partial charge < -0.3 is 5.73 Å². The fraction of sp³-hybridized carbons (Fsp3) is 0.250. The Morgan fingerprint density at radius 2 is 2.00 bits per heavy atom. The molecule has 1 atom stereocenters. The Morgan fingerprint density at radius 1 is 1.24 bits per heavy atom. The van der Waals surface area contributed by atoms with Crippen molar-refractivity contribution in [3.05, 3.63) is 58.5 Å². The first-order chi connectivity index (χ1) is 10.1. The Morgan fingerprint density at radius 3 is 2.71 bits per heavy atom. The van der Waals surface area contributed by atoms with Crippen LogP contribution in [0.2, 0.25) is 5.15 Å². The molecule has 1 aromatic carbocycles. The predicted octanol–water partition coefficient (Wildman–Crippen LogP) is 3.17. The number of fused-ring (bicyclic) bond motifs is 1. The topological polar surface area (TPSA) is 56.7 Å². The van der Waals surface area contributed by atoms with Gasteiger partial charge in [-0.15, -0.1) is 0 Å². The molecule has 4 nitrogen and oxygen atoms in total. The van der Waals surface area contributed by atoms with Crippen LogP contribution >= 0.6 is 11.6 Å². The summed E-state index contributed by atoms with van der Waals surface area (Å²) >= 11 is 6.27. The summed E-state index contributed by atoms with van der Waals surface area (Å²) < 4.78 is 1.67. The molecular formula is C16H17ClN4. The van der Waals surface area contributed by atoms with Crippen LogP contribution in [0.5, 0.6) is 0 Å². The maximum absolute atomic E-state index is 6.31. The maximum Gasteiger partial charge on any atom is 0.130 e. The first-order valence-corrected chi connectivity index (χ1v) is 7.23. The van der Waals surface area contributed by atoms with Crippen molar-refractivity contribution in [2.24, 2.45) is 12.8 Å². The van der Waals surface area contributed by atoms with E-state index < -0.39 is 0 Å². The number of halogens is 1. The molecule has 108 valence electrons. The average Bonchev–Trinajstić information content (AvgIpc) is 2.73. The molecule has 0 fully saturated rings. The molecule has 0 amide bonds. The first-order valence-electron chi connectivity index (χ1n) is 6.85. The van der Waals surface area contributed by atoms with Gasteiger partial charge in [0.25, 0.3) is 0 Å². The Balaban J connectivity index is 1.91. The van der Waals surface area contributed by atoms with Gasteiger partial charge in [-0.2, -0.15) is 5.10 Å². The minimum absolute atomic E-state index is 0.199. The summed E-state index contributed by atoms with van der Waals surface area (Å²) in [6.07, 6.45) is 0.629. The van der Waals surface area contributed by atoms with E-state index in [1.54, 1.807) is 4.68 Å². The van der Waals surface area contributed by atoms with Crippen LogP contribution in [0.15, 0.2) is 36.4 Å². The highest BCUT2D eigenvalue weighted by Gasteiger charge is 2.17. The Kier molecular flexibility index (Phi) is 3.66. The summed E-state index contributed by atoms with van der Waals surface area (Å²) in [4.78, 5) is 4.64. The number of nitrogens with two attached hydrogens (primary N) is 1. The molecular weight excluding hydrogens is 284 g/mol. The molecule has 1 unspecified atom stereocenters. The van der Waals surface area contributed by atoms with E-state index in [0.717, 1.165) is 27.9 Å². The molecule has 2 heterocycles. The average molecular weight is 301 g/mol. The number of para-hydroxylation sites is 1. The molecule has 2 N–H and O–H groups in total. The summed E-state index contributed by atoms with van der Waals surface area (Å²) in [5, 5.41) is 6.07. The van der Waals surface area contributed by atoms with Gasteiger partial charge in [-0.1, -0.05) is 35.9 Å². The Labute approximate surface area is 128 Å². The summed E-state index contributed by atoms with van der Waals surface area (Å²) in [5.74, 6) is 0. The van der Waals surface area contributed by atoms with Crippen LogP contribution in [0, 0.1) is 6.92 Å². The van der Waals surface area contributed by atoms with E-state index in [4.69, 9.17) is 17.3 Å². The lowest BCUT2D eigenvalue weighted by Crippen LogP contribution is -2.15. The fourth-order valence-corrected chi connectivity index (χ4v) is 2.77. The second-order valence-corrected chi connectivity index (χ2v) is 5.58. The van der Waals surface area contributed by atoms with E-state index in [9.17, 15) is 0 Å².